The lowest BCUT2D eigenvalue weighted by molar-refractivity contribution is -0.144. The molecule has 2 aliphatic heterocycles. The molecule has 2 amide bonds. The Morgan fingerprint density at radius 3 is 2.43 bits per heavy atom. The van der Waals surface area contributed by atoms with Crippen molar-refractivity contribution in [3.63, 3.8) is 0 Å². The number of hydrogen-bond donors (Lipinski definition) is 0. The Bertz CT molecular complexity index is 904. The molecule has 0 bridgehead atoms. The summed E-state index contributed by atoms with van der Waals surface area (Å²) in [7, 11) is 0. The van der Waals surface area contributed by atoms with E-state index in [1.807, 2.05) is 29.2 Å². The normalized spacial score (nSPS) is 22.1. The Hall–Kier alpha value is -2.25. The maximum atomic E-state index is 13.2. The fraction of sp³-hybridized carbons (Fsp3) is 0.391. The lowest BCUT2D eigenvalue weighted by atomic mass is 9.95. The van der Waals surface area contributed by atoms with E-state index in [4.69, 9.17) is 4.74 Å². The lowest BCUT2D eigenvalue weighted by Crippen LogP contribution is -2.50. The van der Waals surface area contributed by atoms with Crippen molar-refractivity contribution in [3.8, 4) is 0 Å². The maximum absolute atomic E-state index is 13.2. The van der Waals surface area contributed by atoms with Gasteiger partial charge in [-0.2, -0.15) is 0 Å². The Balaban J connectivity index is 1.40. The van der Waals surface area contributed by atoms with Crippen LogP contribution in [0.1, 0.15) is 34.9 Å². The molecular weight excluding hydrogens is 451 g/mol. The number of piperidine rings is 1. The molecule has 30 heavy (non-hydrogen) atoms. The van der Waals surface area contributed by atoms with Gasteiger partial charge in [0.1, 0.15) is 11.9 Å². The van der Waals surface area contributed by atoms with Gasteiger partial charge in [0.15, 0.2) is 0 Å². The van der Waals surface area contributed by atoms with E-state index in [0.717, 1.165) is 22.9 Å². The number of likely N-dealkylation sites (tertiary alicyclic amines) is 1. The number of carbonyl (C=O) groups excluding carboxylic acids is 2. The number of ether oxygens (including phenoxy) is 1. The average Bonchev–Trinajstić information content (AvgIpc) is 2.79. The summed E-state index contributed by atoms with van der Waals surface area (Å²) in [4.78, 5) is 29.6. The molecule has 2 saturated heterocycles. The summed E-state index contributed by atoms with van der Waals surface area (Å²) in [5.74, 6) is -0.656. The number of carbonyl (C=O) groups is 2. The first kappa shape index (κ1) is 21.0. The van der Waals surface area contributed by atoms with Crippen LogP contribution in [0.3, 0.4) is 0 Å². The van der Waals surface area contributed by atoms with Crippen LogP contribution >= 0.6 is 15.9 Å². The van der Waals surface area contributed by atoms with Crippen LogP contribution in [0.2, 0.25) is 0 Å². The molecule has 2 fully saturated rings. The smallest absolute Gasteiger partial charge is 0.253 e. The second-order valence-corrected chi connectivity index (χ2v) is 8.71. The monoisotopic (exact) mass is 474 g/mol. The molecule has 2 unspecified atom stereocenters. The topological polar surface area (TPSA) is 49.9 Å². The predicted molar refractivity (Wildman–Crippen MR) is 114 cm³/mol. The van der Waals surface area contributed by atoms with Crippen molar-refractivity contribution in [2.24, 2.45) is 5.92 Å². The third kappa shape index (κ3) is 4.73. The fourth-order valence-corrected chi connectivity index (χ4v) is 4.39. The number of hydrogen-bond acceptors (Lipinski definition) is 3. The molecule has 5 nitrogen and oxygen atoms in total. The highest BCUT2D eigenvalue weighted by atomic mass is 79.9. The van der Waals surface area contributed by atoms with E-state index in [2.05, 4.69) is 15.9 Å². The molecule has 0 radical (unpaired) electrons. The van der Waals surface area contributed by atoms with E-state index in [1.54, 1.807) is 4.90 Å². The van der Waals surface area contributed by atoms with Crippen molar-refractivity contribution in [2.45, 2.75) is 18.9 Å². The SMILES string of the molecule is O=C(c1ccc(F)cc1)N1CCCC(C(=O)N2CCOC(c3ccc(Br)cc3)C2)C1. The predicted octanol–water partition coefficient (Wildman–Crippen LogP) is 4.04. The summed E-state index contributed by atoms with van der Waals surface area (Å²) in [6, 6.07) is 13.5. The minimum Gasteiger partial charge on any atom is -0.370 e. The summed E-state index contributed by atoms with van der Waals surface area (Å²) < 4.78 is 20.0. The first-order chi connectivity index (χ1) is 14.5. The summed E-state index contributed by atoms with van der Waals surface area (Å²) in [6.45, 7) is 2.59. The van der Waals surface area contributed by atoms with Crippen molar-refractivity contribution in [2.75, 3.05) is 32.8 Å². The lowest BCUT2D eigenvalue weighted by Gasteiger charge is -2.38. The summed E-state index contributed by atoms with van der Waals surface area (Å²) in [6.07, 6.45) is 1.41. The molecule has 0 saturated carbocycles. The van der Waals surface area contributed by atoms with Crippen LogP contribution < -0.4 is 0 Å². The second kappa shape index (κ2) is 9.27. The second-order valence-electron chi connectivity index (χ2n) is 7.79. The van der Waals surface area contributed by atoms with Crippen molar-refractivity contribution < 1.29 is 18.7 Å². The van der Waals surface area contributed by atoms with Gasteiger partial charge in [-0.3, -0.25) is 9.59 Å². The number of morpholine rings is 1. The molecular formula is C23H24BrFN2O3. The van der Waals surface area contributed by atoms with E-state index in [9.17, 15) is 14.0 Å². The average molecular weight is 475 g/mol. The Morgan fingerprint density at radius 2 is 1.70 bits per heavy atom. The van der Waals surface area contributed by atoms with Gasteiger partial charge in [0.25, 0.3) is 5.91 Å². The first-order valence-electron chi connectivity index (χ1n) is 10.2. The third-order valence-electron chi connectivity index (χ3n) is 5.77. The first-order valence-corrected chi connectivity index (χ1v) is 11.0. The van der Waals surface area contributed by atoms with Crippen molar-refractivity contribution in [1.29, 1.82) is 0 Å². The molecule has 2 heterocycles. The number of benzene rings is 2. The molecule has 2 atom stereocenters. The van der Waals surface area contributed by atoms with Crippen LogP contribution in [0.4, 0.5) is 4.39 Å². The van der Waals surface area contributed by atoms with Crippen LogP contribution in [0.25, 0.3) is 0 Å². The van der Waals surface area contributed by atoms with Gasteiger partial charge in [0.2, 0.25) is 5.91 Å². The quantitative estimate of drug-likeness (QED) is 0.674. The van der Waals surface area contributed by atoms with Crippen LogP contribution in [-0.2, 0) is 9.53 Å². The number of amides is 2. The van der Waals surface area contributed by atoms with Crippen molar-refractivity contribution >= 4 is 27.7 Å². The van der Waals surface area contributed by atoms with Gasteiger partial charge in [-0.25, -0.2) is 4.39 Å². The number of rotatable bonds is 3. The Morgan fingerprint density at radius 1 is 0.967 bits per heavy atom. The Kier molecular flexibility index (Phi) is 6.49. The third-order valence-corrected chi connectivity index (χ3v) is 6.30. The zero-order chi connectivity index (χ0) is 21.1. The largest absolute Gasteiger partial charge is 0.370 e. The minimum atomic E-state index is -0.370. The van der Waals surface area contributed by atoms with Gasteiger partial charge >= 0.3 is 0 Å². The molecule has 0 spiro atoms. The highest BCUT2D eigenvalue weighted by Crippen LogP contribution is 2.27. The van der Waals surface area contributed by atoms with Gasteiger partial charge in [0.05, 0.1) is 19.1 Å². The minimum absolute atomic E-state index is 0.0806. The zero-order valence-electron chi connectivity index (χ0n) is 16.6. The van der Waals surface area contributed by atoms with E-state index in [0.29, 0.717) is 38.3 Å². The molecule has 0 aromatic heterocycles. The van der Waals surface area contributed by atoms with Crippen LogP contribution in [-0.4, -0.2) is 54.4 Å². The highest BCUT2D eigenvalue weighted by molar-refractivity contribution is 9.10. The van der Waals surface area contributed by atoms with E-state index < -0.39 is 0 Å². The van der Waals surface area contributed by atoms with Crippen molar-refractivity contribution in [1.82, 2.24) is 9.80 Å². The molecule has 2 aromatic rings. The fourth-order valence-electron chi connectivity index (χ4n) is 4.12. The van der Waals surface area contributed by atoms with Crippen molar-refractivity contribution in [3.05, 3.63) is 69.9 Å². The van der Waals surface area contributed by atoms with Gasteiger partial charge in [-0.15, -0.1) is 0 Å². The van der Waals surface area contributed by atoms with Gasteiger partial charge < -0.3 is 14.5 Å². The van der Waals surface area contributed by atoms with Gasteiger partial charge in [0, 0.05) is 29.7 Å². The molecule has 0 aliphatic carbocycles. The molecule has 2 aromatic carbocycles. The molecule has 158 valence electrons. The molecule has 4 rings (SSSR count). The number of nitrogens with zero attached hydrogens (tertiary/aromatic N) is 2. The standard InChI is InChI=1S/C23H24BrFN2O3/c24-19-7-3-16(4-8-19)21-15-27(12-13-30-21)23(29)18-2-1-11-26(14-18)22(28)17-5-9-20(25)10-6-17/h3-10,18,21H,1-2,11-15H2. The van der Waals surface area contributed by atoms with Crippen LogP contribution in [0, 0.1) is 11.7 Å². The zero-order valence-corrected chi connectivity index (χ0v) is 18.2. The maximum Gasteiger partial charge on any atom is 0.253 e. The van der Waals surface area contributed by atoms with Gasteiger partial charge in [-0.05, 0) is 54.8 Å². The van der Waals surface area contributed by atoms with Crippen LogP contribution in [0.15, 0.2) is 53.0 Å². The van der Waals surface area contributed by atoms with E-state index >= 15 is 0 Å². The van der Waals surface area contributed by atoms with Crippen LogP contribution in [0.5, 0.6) is 0 Å². The molecule has 7 heteroatoms. The molecule has 2 aliphatic rings. The molecule has 0 N–H and O–H groups in total. The van der Waals surface area contributed by atoms with Gasteiger partial charge in [-0.1, -0.05) is 28.1 Å². The van der Waals surface area contributed by atoms with E-state index in [-0.39, 0.29) is 29.7 Å². The summed E-state index contributed by atoms with van der Waals surface area (Å²) in [5.41, 5.74) is 1.50. The summed E-state index contributed by atoms with van der Waals surface area (Å²) in [5, 5.41) is 0. The van der Waals surface area contributed by atoms with E-state index in [1.165, 1.54) is 24.3 Å². The summed E-state index contributed by atoms with van der Waals surface area (Å²) >= 11 is 3.44. The highest BCUT2D eigenvalue weighted by Gasteiger charge is 2.34. The Labute approximate surface area is 183 Å². The number of halogens is 2.